The third-order valence-corrected chi connectivity index (χ3v) is 4.87. The molecule has 5 atom stereocenters. The Morgan fingerprint density at radius 2 is 2.07 bits per heavy atom. The average Bonchev–Trinajstić information content (AvgIpc) is 2.68. The van der Waals surface area contributed by atoms with Crippen LogP contribution in [0.15, 0.2) is 12.2 Å². The van der Waals surface area contributed by atoms with Crippen LogP contribution < -0.4 is 0 Å². The fraction of sp³-hybridized carbons (Fsp3) is 0.769. The van der Waals surface area contributed by atoms with Gasteiger partial charge in [0.05, 0.1) is 5.92 Å². The molecule has 15 heavy (non-hydrogen) atoms. The highest BCUT2D eigenvalue weighted by Gasteiger charge is 2.78. The normalized spacial score (nSPS) is 50.6. The summed E-state index contributed by atoms with van der Waals surface area (Å²) in [6, 6.07) is 0. The monoisotopic (exact) mass is 206 g/mol. The smallest absolute Gasteiger partial charge is 0.307 e. The number of carboxylic acid groups (broad SMARTS) is 1. The summed E-state index contributed by atoms with van der Waals surface area (Å²) >= 11 is 0. The van der Waals surface area contributed by atoms with Crippen molar-refractivity contribution in [1.82, 2.24) is 0 Å². The van der Waals surface area contributed by atoms with Crippen LogP contribution in [0, 0.1) is 34.5 Å². The number of allylic oxidation sites excluding steroid dienone is 2. The highest BCUT2D eigenvalue weighted by Crippen LogP contribution is 2.80. The van der Waals surface area contributed by atoms with Crippen molar-refractivity contribution in [3.8, 4) is 0 Å². The van der Waals surface area contributed by atoms with Gasteiger partial charge in [-0.05, 0) is 35.0 Å². The minimum absolute atomic E-state index is 0.0949. The zero-order valence-corrected chi connectivity index (χ0v) is 9.53. The molecule has 82 valence electrons. The molecular formula is C13H18O2. The molecule has 0 bridgehead atoms. The van der Waals surface area contributed by atoms with E-state index >= 15 is 0 Å². The summed E-state index contributed by atoms with van der Waals surface area (Å²) in [6.45, 7) is 6.51. The summed E-state index contributed by atoms with van der Waals surface area (Å²) < 4.78 is 0. The summed E-state index contributed by atoms with van der Waals surface area (Å²) in [5.41, 5.74) is 0.268. The van der Waals surface area contributed by atoms with E-state index < -0.39 is 5.97 Å². The van der Waals surface area contributed by atoms with Crippen LogP contribution in [-0.4, -0.2) is 11.1 Å². The summed E-state index contributed by atoms with van der Waals surface area (Å²) in [5, 5.41) is 9.38. The average molecular weight is 206 g/mol. The molecule has 2 saturated carbocycles. The Kier molecular flexibility index (Phi) is 1.45. The van der Waals surface area contributed by atoms with E-state index in [4.69, 9.17) is 0 Å². The van der Waals surface area contributed by atoms with Crippen molar-refractivity contribution >= 4 is 5.97 Å². The van der Waals surface area contributed by atoms with E-state index in [0.29, 0.717) is 17.8 Å². The largest absolute Gasteiger partial charge is 0.481 e. The molecule has 3 aliphatic carbocycles. The van der Waals surface area contributed by atoms with Crippen LogP contribution in [-0.2, 0) is 4.79 Å². The van der Waals surface area contributed by atoms with E-state index in [1.807, 2.05) is 0 Å². The molecule has 0 aliphatic heterocycles. The second-order valence-electron chi connectivity index (χ2n) is 6.54. The van der Waals surface area contributed by atoms with E-state index in [1.54, 1.807) is 0 Å². The van der Waals surface area contributed by atoms with Crippen molar-refractivity contribution in [1.29, 1.82) is 0 Å². The van der Waals surface area contributed by atoms with Gasteiger partial charge in [-0.2, -0.15) is 0 Å². The maximum atomic E-state index is 11.4. The van der Waals surface area contributed by atoms with Gasteiger partial charge in [-0.25, -0.2) is 0 Å². The number of hydrogen-bond acceptors (Lipinski definition) is 1. The molecule has 0 aromatic carbocycles. The summed E-state index contributed by atoms with van der Waals surface area (Å²) in [7, 11) is 0. The Balaban J connectivity index is 1.96. The SMILES string of the molecule is CC(C)(C)C1C2C=CC3CC32C1C(=O)O. The van der Waals surface area contributed by atoms with E-state index in [-0.39, 0.29) is 16.7 Å². The van der Waals surface area contributed by atoms with Crippen LogP contribution in [0.5, 0.6) is 0 Å². The molecule has 1 spiro atoms. The number of aliphatic carboxylic acids is 1. The molecule has 0 aromatic rings. The molecule has 3 rings (SSSR count). The van der Waals surface area contributed by atoms with E-state index in [2.05, 4.69) is 32.9 Å². The first-order chi connectivity index (χ1) is 6.89. The number of carbonyl (C=O) groups is 1. The summed E-state index contributed by atoms with van der Waals surface area (Å²) in [4.78, 5) is 11.4. The number of hydrogen-bond donors (Lipinski definition) is 1. The van der Waals surface area contributed by atoms with E-state index in [9.17, 15) is 9.90 Å². The number of carboxylic acids is 1. The lowest BCUT2D eigenvalue weighted by Gasteiger charge is -2.55. The zero-order chi connectivity index (χ0) is 11.0. The van der Waals surface area contributed by atoms with Crippen LogP contribution in [0.25, 0.3) is 0 Å². The van der Waals surface area contributed by atoms with E-state index in [0.717, 1.165) is 6.42 Å². The first kappa shape index (κ1) is 9.44. The van der Waals surface area contributed by atoms with Crippen molar-refractivity contribution in [3.05, 3.63) is 12.2 Å². The Morgan fingerprint density at radius 1 is 1.40 bits per heavy atom. The van der Waals surface area contributed by atoms with Crippen molar-refractivity contribution < 1.29 is 9.90 Å². The Bertz CT molecular complexity index is 363. The molecule has 0 heterocycles. The maximum Gasteiger partial charge on any atom is 0.307 e. The summed E-state index contributed by atoms with van der Waals surface area (Å²) in [6.07, 6.45) is 5.66. The quantitative estimate of drug-likeness (QED) is 0.669. The standard InChI is InChI=1S/C13H18O2/c1-12(2,3)9-8-5-4-7-6-13(7,8)10(9)11(14)15/h4-5,7-10H,6H2,1-3H3,(H,14,15). The predicted octanol–water partition coefficient (Wildman–Crippen LogP) is 2.56. The molecule has 5 unspecified atom stereocenters. The Morgan fingerprint density at radius 3 is 2.53 bits per heavy atom. The van der Waals surface area contributed by atoms with Crippen molar-refractivity contribution in [3.63, 3.8) is 0 Å². The van der Waals surface area contributed by atoms with Crippen LogP contribution in [0.2, 0.25) is 0 Å². The Hall–Kier alpha value is -0.790. The van der Waals surface area contributed by atoms with Gasteiger partial charge in [0.2, 0.25) is 0 Å². The molecule has 2 fully saturated rings. The molecule has 0 amide bonds. The van der Waals surface area contributed by atoms with Crippen LogP contribution in [0.1, 0.15) is 27.2 Å². The molecular weight excluding hydrogens is 188 g/mol. The fourth-order valence-electron chi connectivity index (χ4n) is 4.25. The van der Waals surface area contributed by atoms with E-state index in [1.165, 1.54) is 0 Å². The zero-order valence-electron chi connectivity index (χ0n) is 9.53. The topological polar surface area (TPSA) is 37.3 Å². The van der Waals surface area contributed by atoms with Crippen molar-refractivity contribution in [2.75, 3.05) is 0 Å². The second kappa shape index (κ2) is 2.31. The van der Waals surface area contributed by atoms with Crippen LogP contribution in [0.4, 0.5) is 0 Å². The van der Waals surface area contributed by atoms with Gasteiger partial charge < -0.3 is 5.11 Å². The van der Waals surface area contributed by atoms with Gasteiger partial charge in [-0.1, -0.05) is 32.9 Å². The van der Waals surface area contributed by atoms with Gasteiger partial charge in [0.25, 0.3) is 0 Å². The highest BCUT2D eigenvalue weighted by atomic mass is 16.4. The van der Waals surface area contributed by atoms with Crippen LogP contribution in [0.3, 0.4) is 0 Å². The first-order valence-electron chi connectivity index (χ1n) is 5.80. The van der Waals surface area contributed by atoms with Gasteiger partial charge >= 0.3 is 5.97 Å². The molecule has 0 aromatic heterocycles. The van der Waals surface area contributed by atoms with Gasteiger partial charge in [-0.15, -0.1) is 0 Å². The molecule has 0 saturated heterocycles. The lowest BCUT2D eigenvalue weighted by Crippen LogP contribution is -2.56. The van der Waals surface area contributed by atoms with Gasteiger partial charge in [0, 0.05) is 0 Å². The minimum atomic E-state index is -0.572. The Labute approximate surface area is 90.4 Å². The van der Waals surface area contributed by atoms with Crippen molar-refractivity contribution in [2.24, 2.45) is 34.5 Å². The lowest BCUT2D eigenvalue weighted by molar-refractivity contribution is -0.168. The van der Waals surface area contributed by atoms with Gasteiger partial charge in [-0.3, -0.25) is 4.79 Å². The first-order valence-corrected chi connectivity index (χ1v) is 5.80. The molecule has 1 N–H and O–H groups in total. The molecule has 2 nitrogen and oxygen atoms in total. The van der Waals surface area contributed by atoms with Gasteiger partial charge in [0.15, 0.2) is 0 Å². The number of rotatable bonds is 1. The predicted molar refractivity (Wildman–Crippen MR) is 57.2 cm³/mol. The third-order valence-electron chi connectivity index (χ3n) is 4.87. The van der Waals surface area contributed by atoms with Crippen molar-refractivity contribution in [2.45, 2.75) is 27.2 Å². The van der Waals surface area contributed by atoms with Gasteiger partial charge in [0.1, 0.15) is 0 Å². The minimum Gasteiger partial charge on any atom is -0.481 e. The van der Waals surface area contributed by atoms with Crippen LogP contribution >= 0.6 is 0 Å². The highest BCUT2D eigenvalue weighted by molar-refractivity contribution is 5.75. The lowest BCUT2D eigenvalue weighted by atomic mass is 9.47. The molecule has 2 heteroatoms. The molecule has 3 aliphatic rings. The third kappa shape index (κ3) is 0.889. The maximum absolute atomic E-state index is 11.4. The molecule has 0 radical (unpaired) electrons. The summed E-state index contributed by atoms with van der Waals surface area (Å²) in [5.74, 6) is 0.796. The second-order valence-corrected chi connectivity index (χ2v) is 6.54. The fourth-order valence-corrected chi connectivity index (χ4v) is 4.25.